The minimum Gasteiger partial charge on any atom is -0.373 e. The van der Waals surface area contributed by atoms with Gasteiger partial charge in [0.2, 0.25) is 0 Å². The highest BCUT2D eigenvalue weighted by Gasteiger charge is 2.06. The molecule has 0 atom stereocenters. The van der Waals surface area contributed by atoms with E-state index in [1.54, 1.807) is 39.9 Å². The van der Waals surface area contributed by atoms with E-state index in [4.69, 9.17) is 0 Å². The molecule has 19 heavy (non-hydrogen) atoms. The van der Waals surface area contributed by atoms with E-state index in [1.807, 2.05) is 19.2 Å². The maximum absolute atomic E-state index is 12.3. The van der Waals surface area contributed by atoms with Crippen LogP contribution in [0.3, 0.4) is 0 Å². The molecule has 0 saturated carbocycles. The van der Waals surface area contributed by atoms with Crippen molar-refractivity contribution in [1.29, 1.82) is 0 Å². The van der Waals surface area contributed by atoms with Gasteiger partial charge < -0.3 is 9.88 Å². The summed E-state index contributed by atoms with van der Waals surface area (Å²) in [6.07, 6.45) is 6.84. The van der Waals surface area contributed by atoms with Crippen molar-refractivity contribution in [3.05, 3.63) is 58.9 Å². The number of aromatic nitrogens is 4. The third kappa shape index (κ3) is 1.97. The van der Waals surface area contributed by atoms with Gasteiger partial charge in [0, 0.05) is 31.2 Å². The molecule has 3 heterocycles. The molecular formula is C13H13N5O. The van der Waals surface area contributed by atoms with Crippen LogP contribution < -0.4 is 10.9 Å². The summed E-state index contributed by atoms with van der Waals surface area (Å²) < 4.78 is 3.22. The van der Waals surface area contributed by atoms with E-state index >= 15 is 0 Å². The topological polar surface area (TPSA) is 64.2 Å². The molecular weight excluding hydrogens is 242 g/mol. The summed E-state index contributed by atoms with van der Waals surface area (Å²) in [5.74, 6) is 0.780. The zero-order chi connectivity index (χ0) is 13.2. The van der Waals surface area contributed by atoms with Gasteiger partial charge in [-0.3, -0.25) is 4.79 Å². The maximum atomic E-state index is 12.3. The molecule has 0 aliphatic carbocycles. The van der Waals surface area contributed by atoms with E-state index in [9.17, 15) is 4.79 Å². The number of hydrogen-bond donors (Lipinski definition) is 1. The molecule has 0 fully saturated rings. The Labute approximate surface area is 109 Å². The first-order valence-electron chi connectivity index (χ1n) is 5.94. The summed E-state index contributed by atoms with van der Waals surface area (Å²) in [5, 5.41) is 7.06. The molecule has 1 N–H and O–H groups in total. The van der Waals surface area contributed by atoms with Crippen molar-refractivity contribution >= 4 is 11.3 Å². The molecule has 3 rings (SSSR count). The van der Waals surface area contributed by atoms with Gasteiger partial charge in [-0.25, -0.2) is 9.50 Å². The second kappa shape index (κ2) is 4.56. The summed E-state index contributed by atoms with van der Waals surface area (Å²) >= 11 is 0. The largest absolute Gasteiger partial charge is 0.373 e. The number of nitrogens with zero attached hydrogens (tertiary/aromatic N) is 4. The predicted molar refractivity (Wildman–Crippen MR) is 72.3 cm³/mol. The average Bonchev–Trinajstić information content (AvgIpc) is 2.92. The first kappa shape index (κ1) is 11.5. The molecule has 3 aromatic rings. The van der Waals surface area contributed by atoms with Crippen LogP contribution in [0.25, 0.3) is 5.52 Å². The summed E-state index contributed by atoms with van der Waals surface area (Å²) in [5.41, 5.74) is 1.47. The molecule has 0 saturated heterocycles. The molecule has 6 nitrogen and oxygen atoms in total. The van der Waals surface area contributed by atoms with Crippen molar-refractivity contribution in [1.82, 2.24) is 19.2 Å². The van der Waals surface area contributed by atoms with Crippen molar-refractivity contribution in [2.45, 2.75) is 6.54 Å². The van der Waals surface area contributed by atoms with Gasteiger partial charge >= 0.3 is 0 Å². The van der Waals surface area contributed by atoms with Crippen molar-refractivity contribution in [3.63, 3.8) is 0 Å². The normalized spacial score (nSPS) is 10.8. The Kier molecular flexibility index (Phi) is 2.75. The molecule has 6 heteroatoms. The Morgan fingerprint density at radius 3 is 3.00 bits per heavy atom. The van der Waals surface area contributed by atoms with Crippen LogP contribution in [0.5, 0.6) is 0 Å². The van der Waals surface area contributed by atoms with Crippen molar-refractivity contribution in [2.24, 2.45) is 0 Å². The molecule has 0 aliphatic rings. The summed E-state index contributed by atoms with van der Waals surface area (Å²) in [4.78, 5) is 16.5. The smallest absolute Gasteiger partial charge is 0.276 e. The Hall–Kier alpha value is -2.63. The van der Waals surface area contributed by atoms with E-state index in [-0.39, 0.29) is 5.56 Å². The quantitative estimate of drug-likeness (QED) is 0.757. The van der Waals surface area contributed by atoms with Crippen molar-refractivity contribution in [2.75, 3.05) is 12.4 Å². The first-order chi connectivity index (χ1) is 9.29. The Balaban J connectivity index is 2.06. The Morgan fingerprint density at radius 1 is 1.26 bits per heavy atom. The molecule has 0 unspecified atom stereocenters. The van der Waals surface area contributed by atoms with Crippen LogP contribution in [0, 0.1) is 0 Å². The van der Waals surface area contributed by atoms with Crippen LogP contribution in [0.4, 0.5) is 5.82 Å². The summed E-state index contributed by atoms with van der Waals surface area (Å²) in [6.45, 7) is 0.477. The Bertz CT molecular complexity index is 774. The third-order valence-corrected chi connectivity index (χ3v) is 3.01. The third-order valence-electron chi connectivity index (χ3n) is 3.01. The number of hydrogen-bond acceptors (Lipinski definition) is 4. The van der Waals surface area contributed by atoms with Gasteiger partial charge in [0.15, 0.2) is 0 Å². The van der Waals surface area contributed by atoms with E-state index < -0.39 is 0 Å². The fourth-order valence-electron chi connectivity index (χ4n) is 2.06. The fraction of sp³-hybridized carbons (Fsp3) is 0.154. The van der Waals surface area contributed by atoms with E-state index in [2.05, 4.69) is 15.4 Å². The lowest BCUT2D eigenvalue weighted by atomic mass is 10.2. The van der Waals surface area contributed by atoms with Crippen molar-refractivity contribution < 1.29 is 0 Å². The van der Waals surface area contributed by atoms with Gasteiger partial charge in [0.25, 0.3) is 5.56 Å². The SMILES string of the molecule is CNc1ncccc1Cn1ccn2nccc2c1=O. The van der Waals surface area contributed by atoms with Crippen LogP contribution in [0.15, 0.2) is 47.8 Å². The standard InChI is InChI=1S/C13H13N5O/c1-14-12-10(3-2-5-15-12)9-17-7-8-18-11(13(17)19)4-6-16-18/h2-8H,9H2,1H3,(H,14,15). The molecule has 0 spiro atoms. The number of pyridine rings is 1. The van der Waals surface area contributed by atoms with Crippen molar-refractivity contribution in [3.8, 4) is 0 Å². The predicted octanol–water partition coefficient (Wildman–Crippen LogP) is 0.981. The van der Waals surface area contributed by atoms with Gasteiger partial charge in [0.05, 0.1) is 12.7 Å². The van der Waals surface area contributed by atoms with Crippen LogP contribution in [0.2, 0.25) is 0 Å². The van der Waals surface area contributed by atoms with Gasteiger partial charge in [-0.1, -0.05) is 6.07 Å². The fourth-order valence-corrected chi connectivity index (χ4v) is 2.06. The maximum Gasteiger partial charge on any atom is 0.276 e. The highest BCUT2D eigenvalue weighted by atomic mass is 16.1. The molecule has 0 radical (unpaired) electrons. The monoisotopic (exact) mass is 255 g/mol. The van der Waals surface area contributed by atoms with Crippen LogP contribution in [-0.2, 0) is 6.54 Å². The zero-order valence-corrected chi connectivity index (χ0v) is 10.4. The first-order valence-corrected chi connectivity index (χ1v) is 5.94. The van der Waals surface area contributed by atoms with Gasteiger partial charge in [-0.15, -0.1) is 0 Å². The molecule has 0 aliphatic heterocycles. The Morgan fingerprint density at radius 2 is 2.16 bits per heavy atom. The number of nitrogens with one attached hydrogen (secondary N) is 1. The molecule has 3 aromatic heterocycles. The highest BCUT2D eigenvalue weighted by Crippen LogP contribution is 2.11. The molecule has 96 valence electrons. The molecule has 0 aromatic carbocycles. The second-order valence-electron chi connectivity index (χ2n) is 4.15. The molecule has 0 bridgehead atoms. The van der Waals surface area contributed by atoms with Gasteiger partial charge in [-0.2, -0.15) is 5.10 Å². The average molecular weight is 255 g/mol. The lowest BCUT2D eigenvalue weighted by Gasteiger charge is -2.09. The highest BCUT2D eigenvalue weighted by molar-refractivity contribution is 5.45. The summed E-state index contributed by atoms with van der Waals surface area (Å²) in [7, 11) is 1.81. The number of fused-ring (bicyclic) bond motifs is 1. The van der Waals surface area contributed by atoms with Gasteiger partial charge in [0.1, 0.15) is 11.3 Å². The summed E-state index contributed by atoms with van der Waals surface area (Å²) in [6, 6.07) is 5.52. The van der Waals surface area contributed by atoms with Gasteiger partial charge in [-0.05, 0) is 12.1 Å². The minimum absolute atomic E-state index is 0.0640. The van der Waals surface area contributed by atoms with E-state index in [0.29, 0.717) is 12.1 Å². The second-order valence-corrected chi connectivity index (χ2v) is 4.15. The van der Waals surface area contributed by atoms with Crippen LogP contribution in [0.1, 0.15) is 5.56 Å². The van der Waals surface area contributed by atoms with E-state index in [1.165, 1.54) is 0 Å². The van der Waals surface area contributed by atoms with Crippen LogP contribution in [-0.4, -0.2) is 26.2 Å². The number of anilines is 1. The van der Waals surface area contributed by atoms with Crippen LogP contribution >= 0.6 is 0 Å². The zero-order valence-electron chi connectivity index (χ0n) is 10.4. The van der Waals surface area contributed by atoms with E-state index in [0.717, 1.165) is 11.4 Å². The lowest BCUT2D eigenvalue weighted by molar-refractivity contribution is 0.741. The molecule has 0 amide bonds. The lowest BCUT2D eigenvalue weighted by Crippen LogP contribution is -2.22. The minimum atomic E-state index is -0.0640. The number of rotatable bonds is 3.